The summed E-state index contributed by atoms with van der Waals surface area (Å²) in [7, 11) is 1.66. The highest BCUT2D eigenvalue weighted by Gasteiger charge is 2.21. The van der Waals surface area contributed by atoms with Crippen molar-refractivity contribution in [3.8, 4) is 0 Å². The van der Waals surface area contributed by atoms with Crippen LogP contribution in [0.25, 0.3) is 0 Å². The first kappa shape index (κ1) is 20.1. The Labute approximate surface area is 159 Å². The van der Waals surface area contributed by atoms with E-state index in [1.807, 2.05) is 0 Å². The van der Waals surface area contributed by atoms with Crippen molar-refractivity contribution in [3.63, 3.8) is 0 Å². The number of carbonyl (C=O) groups excluding carboxylic acids is 1. The summed E-state index contributed by atoms with van der Waals surface area (Å²) in [5, 5.41) is 13.7. The minimum atomic E-state index is -0.628. The molecule has 26 heavy (non-hydrogen) atoms. The van der Waals surface area contributed by atoms with Gasteiger partial charge in [0.15, 0.2) is 0 Å². The van der Waals surface area contributed by atoms with Crippen molar-refractivity contribution in [2.45, 2.75) is 19.5 Å². The fraction of sp³-hybridized carbons (Fsp3) is 0.235. The predicted octanol–water partition coefficient (Wildman–Crippen LogP) is 4.50. The summed E-state index contributed by atoms with van der Waals surface area (Å²) in [5.74, 6) is -0.842. The van der Waals surface area contributed by atoms with Crippen molar-refractivity contribution in [2.75, 3.05) is 12.4 Å². The zero-order valence-electron chi connectivity index (χ0n) is 14.0. The van der Waals surface area contributed by atoms with Crippen LogP contribution in [-0.2, 0) is 11.3 Å². The van der Waals surface area contributed by atoms with Gasteiger partial charge in [-0.05, 0) is 32.2 Å². The number of nitrogens with zero attached hydrogens (tertiary/aromatic N) is 2. The first-order valence-corrected chi connectivity index (χ1v) is 8.34. The standard InChI is InChI=1S/C17H16Cl2FN3O3/c1-10(22(2)9-12-13(18)4-3-5-15(12)20)17(24)21-16-7-6-11(23(25)26)8-14(16)19/h3-8,10H,9H2,1-2H3,(H,21,24). The summed E-state index contributed by atoms with van der Waals surface area (Å²) in [6, 6.07) is 7.52. The predicted molar refractivity (Wildman–Crippen MR) is 99.1 cm³/mol. The molecule has 1 atom stereocenters. The summed E-state index contributed by atoms with van der Waals surface area (Å²) in [5.41, 5.74) is 0.378. The van der Waals surface area contributed by atoms with E-state index in [1.165, 1.54) is 24.3 Å². The van der Waals surface area contributed by atoms with Gasteiger partial charge in [-0.25, -0.2) is 4.39 Å². The van der Waals surface area contributed by atoms with Crippen LogP contribution >= 0.6 is 23.2 Å². The third-order valence-electron chi connectivity index (χ3n) is 3.93. The number of nitro groups is 1. The molecular formula is C17H16Cl2FN3O3. The maximum Gasteiger partial charge on any atom is 0.271 e. The highest BCUT2D eigenvalue weighted by molar-refractivity contribution is 6.34. The average molecular weight is 400 g/mol. The maximum absolute atomic E-state index is 13.9. The Kier molecular flexibility index (Phi) is 6.52. The Morgan fingerprint density at radius 3 is 2.58 bits per heavy atom. The molecule has 2 aromatic carbocycles. The van der Waals surface area contributed by atoms with Crippen molar-refractivity contribution < 1.29 is 14.1 Å². The lowest BCUT2D eigenvalue weighted by Gasteiger charge is -2.24. The molecule has 0 spiro atoms. The van der Waals surface area contributed by atoms with Gasteiger partial charge in [-0.1, -0.05) is 29.3 Å². The van der Waals surface area contributed by atoms with Gasteiger partial charge < -0.3 is 5.32 Å². The van der Waals surface area contributed by atoms with E-state index >= 15 is 0 Å². The molecule has 0 saturated carbocycles. The van der Waals surface area contributed by atoms with E-state index in [0.717, 1.165) is 6.07 Å². The minimum Gasteiger partial charge on any atom is -0.323 e. The molecule has 0 aliphatic heterocycles. The number of non-ortho nitro benzene ring substituents is 1. The van der Waals surface area contributed by atoms with Gasteiger partial charge >= 0.3 is 0 Å². The fourth-order valence-corrected chi connectivity index (χ4v) is 2.67. The second-order valence-corrected chi connectivity index (χ2v) is 6.52. The van der Waals surface area contributed by atoms with Crippen LogP contribution in [0.1, 0.15) is 12.5 Å². The number of halogens is 3. The number of benzene rings is 2. The average Bonchev–Trinajstić information content (AvgIpc) is 2.58. The number of carbonyl (C=O) groups is 1. The van der Waals surface area contributed by atoms with Crippen LogP contribution in [0, 0.1) is 15.9 Å². The van der Waals surface area contributed by atoms with Crippen LogP contribution in [0.3, 0.4) is 0 Å². The molecule has 0 aliphatic carbocycles. The third-order valence-corrected chi connectivity index (χ3v) is 4.60. The molecule has 1 N–H and O–H groups in total. The number of rotatable bonds is 6. The molecular weight excluding hydrogens is 384 g/mol. The van der Waals surface area contributed by atoms with Crippen LogP contribution in [0.2, 0.25) is 10.0 Å². The zero-order chi connectivity index (χ0) is 19.4. The minimum absolute atomic E-state index is 0.0551. The van der Waals surface area contributed by atoms with Gasteiger partial charge in [-0.2, -0.15) is 0 Å². The molecule has 1 amide bonds. The largest absolute Gasteiger partial charge is 0.323 e. The van der Waals surface area contributed by atoms with Crippen molar-refractivity contribution >= 4 is 40.5 Å². The van der Waals surface area contributed by atoms with E-state index in [-0.39, 0.29) is 28.0 Å². The molecule has 9 heteroatoms. The first-order chi connectivity index (χ1) is 12.2. The molecule has 0 aliphatic rings. The lowest BCUT2D eigenvalue weighted by molar-refractivity contribution is -0.384. The summed E-state index contributed by atoms with van der Waals surface area (Å²) in [6.45, 7) is 1.78. The number of nitro benzene ring substituents is 1. The molecule has 0 saturated heterocycles. The van der Waals surface area contributed by atoms with Crippen molar-refractivity contribution in [2.24, 2.45) is 0 Å². The summed E-state index contributed by atoms with van der Waals surface area (Å²) in [6.07, 6.45) is 0. The molecule has 1 unspecified atom stereocenters. The Morgan fingerprint density at radius 1 is 1.31 bits per heavy atom. The third kappa shape index (κ3) is 4.69. The van der Waals surface area contributed by atoms with Crippen molar-refractivity contribution in [1.29, 1.82) is 0 Å². The van der Waals surface area contributed by atoms with E-state index in [4.69, 9.17) is 23.2 Å². The lowest BCUT2D eigenvalue weighted by Crippen LogP contribution is -2.39. The van der Waals surface area contributed by atoms with E-state index in [1.54, 1.807) is 24.9 Å². The molecule has 138 valence electrons. The second kappa shape index (κ2) is 8.44. The lowest BCUT2D eigenvalue weighted by atomic mass is 10.1. The molecule has 2 aromatic rings. The monoisotopic (exact) mass is 399 g/mol. The van der Waals surface area contributed by atoms with E-state index in [9.17, 15) is 19.3 Å². The van der Waals surface area contributed by atoms with Gasteiger partial charge in [0.05, 0.1) is 21.7 Å². The molecule has 0 radical (unpaired) electrons. The van der Waals surface area contributed by atoms with E-state index in [0.29, 0.717) is 5.56 Å². The zero-order valence-corrected chi connectivity index (χ0v) is 15.5. The number of hydrogen-bond donors (Lipinski definition) is 1. The van der Waals surface area contributed by atoms with Crippen LogP contribution in [-0.4, -0.2) is 28.8 Å². The van der Waals surface area contributed by atoms with Crippen LogP contribution < -0.4 is 5.32 Å². The van der Waals surface area contributed by atoms with Crippen molar-refractivity contribution in [1.82, 2.24) is 4.90 Å². The fourth-order valence-electron chi connectivity index (χ4n) is 2.23. The Bertz CT molecular complexity index is 828. The van der Waals surface area contributed by atoms with E-state index in [2.05, 4.69) is 5.32 Å². The SMILES string of the molecule is CC(C(=O)Nc1ccc([N+](=O)[O-])cc1Cl)N(C)Cc1c(F)cccc1Cl. The number of nitrogens with one attached hydrogen (secondary N) is 1. The van der Waals surface area contributed by atoms with Crippen molar-refractivity contribution in [3.05, 3.63) is 67.9 Å². The highest BCUT2D eigenvalue weighted by Crippen LogP contribution is 2.27. The van der Waals surface area contributed by atoms with Crippen LogP contribution in [0.5, 0.6) is 0 Å². The Balaban J connectivity index is 2.08. The normalized spacial score (nSPS) is 12.1. The van der Waals surface area contributed by atoms with Gasteiger partial charge in [-0.3, -0.25) is 19.8 Å². The van der Waals surface area contributed by atoms with Gasteiger partial charge in [0.2, 0.25) is 5.91 Å². The molecule has 6 nitrogen and oxygen atoms in total. The molecule has 0 heterocycles. The highest BCUT2D eigenvalue weighted by atomic mass is 35.5. The number of likely N-dealkylation sites (N-methyl/N-ethyl adjacent to an activating group) is 1. The van der Waals surface area contributed by atoms with Crippen LogP contribution in [0.4, 0.5) is 15.8 Å². The Morgan fingerprint density at radius 2 is 2.00 bits per heavy atom. The topological polar surface area (TPSA) is 75.5 Å². The number of amides is 1. The van der Waals surface area contributed by atoms with E-state index < -0.39 is 22.7 Å². The summed E-state index contributed by atoms with van der Waals surface area (Å²) in [4.78, 5) is 24.2. The van der Waals surface area contributed by atoms with Gasteiger partial charge in [0.1, 0.15) is 5.82 Å². The first-order valence-electron chi connectivity index (χ1n) is 7.58. The summed E-state index contributed by atoms with van der Waals surface area (Å²) >= 11 is 12.0. The number of hydrogen-bond acceptors (Lipinski definition) is 4. The quantitative estimate of drug-likeness (QED) is 0.572. The number of anilines is 1. The molecule has 0 fully saturated rings. The van der Waals surface area contributed by atoms with Crippen LogP contribution in [0.15, 0.2) is 36.4 Å². The second-order valence-electron chi connectivity index (χ2n) is 5.70. The molecule has 0 aromatic heterocycles. The van der Waals surface area contributed by atoms with Gasteiger partial charge in [0.25, 0.3) is 5.69 Å². The smallest absolute Gasteiger partial charge is 0.271 e. The Hall–Kier alpha value is -2.22. The molecule has 2 rings (SSSR count). The summed E-state index contributed by atoms with van der Waals surface area (Å²) < 4.78 is 13.9. The van der Waals surface area contributed by atoms with Gasteiger partial charge in [-0.15, -0.1) is 0 Å². The molecule has 0 bridgehead atoms. The maximum atomic E-state index is 13.9. The van der Waals surface area contributed by atoms with Gasteiger partial charge in [0, 0.05) is 29.3 Å².